The van der Waals surface area contributed by atoms with Gasteiger partial charge in [0.2, 0.25) is 0 Å². The van der Waals surface area contributed by atoms with Crippen LogP contribution in [-0.4, -0.2) is 29.9 Å². The Morgan fingerprint density at radius 3 is 2.60 bits per heavy atom. The molecule has 0 unspecified atom stereocenters. The molecule has 1 rings (SSSR count). The van der Waals surface area contributed by atoms with Crippen LogP contribution < -0.4 is 10.6 Å². The molecule has 0 saturated carbocycles. The van der Waals surface area contributed by atoms with E-state index in [2.05, 4.69) is 10.6 Å². The molecule has 5 heteroatoms. The molecule has 0 aromatic heterocycles. The van der Waals surface area contributed by atoms with Gasteiger partial charge in [0.1, 0.15) is 0 Å². The molecule has 1 aromatic carbocycles. The molecule has 20 heavy (non-hydrogen) atoms. The van der Waals surface area contributed by atoms with Crippen molar-refractivity contribution in [2.45, 2.75) is 39.5 Å². The summed E-state index contributed by atoms with van der Waals surface area (Å²) in [7, 11) is 0. The molecule has 5 nitrogen and oxygen atoms in total. The zero-order valence-corrected chi connectivity index (χ0v) is 12.4. The number of hydrogen-bond acceptors (Lipinski definition) is 3. The minimum absolute atomic E-state index is 0.0625. The fraction of sp³-hybridized carbons (Fsp3) is 0.533. The molecule has 0 aliphatic rings. The van der Waals surface area contributed by atoms with Crippen molar-refractivity contribution in [3.8, 4) is 0 Å². The highest BCUT2D eigenvalue weighted by Crippen LogP contribution is 2.13. The van der Waals surface area contributed by atoms with Gasteiger partial charge in [-0.3, -0.25) is 0 Å². The monoisotopic (exact) mass is 280 g/mol. The molecule has 0 heterocycles. The maximum absolute atomic E-state index is 11.4. The molecule has 0 spiro atoms. The van der Waals surface area contributed by atoms with E-state index >= 15 is 0 Å². The highest BCUT2D eigenvalue weighted by atomic mass is 16.5. The smallest absolute Gasteiger partial charge is 0.315 e. The summed E-state index contributed by atoms with van der Waals surface area (Å²) in [6, 6.07) is 7.63. The molecule has 0 saturated heterocycles. The third-order valence-electron chi connectivity index (χ3n) is 2.51. The van der Waals surface area contributed by atoms with Crippen molar-refractivity contribution in [3.05, 3.63) is 35.4 Å². The molecule has 0 fully saturated rings. The lowest BCUT2D eigenvalue weighted by atomic mass is 10.1. The van der Waals surface area contributed by atoms with Gasteiger partial charge in [0, 0.05) is 13.1 Å². The van der Waals surface area contributed by atoms with E-state index in [1.165, 1.54) is 0 Å². The fourth-order valence-corrected chi connectivity index (χ4v) is 1.54. The third-order valence-corrected chi connectivity index (χ3v) is 2.51. The maximum atomic E-state index is 11.4. The number of amides is 2. The van der Waals surface area contributed by atoms with Gasteiger partial charge in [0.15, 0.2) is 0 Å². The van der Waals surface area contributed by atoms with Crippen LogP contribution in [0.15, 0.2) is 24.3 Å². The molecular formula is C15H24N2O3. The van der Waals surface area contributed by atoms with Gasteiger partial charge in [-0.25, -0.2) is 4.79 Å². The van der Waals surface area contributed by atoms with Crippen molar-refractivity contribution >= 4 is 6.03 Å². The SMILES string of the molecule is CC(C)(C)OCc1cccc(CNC(=O)NCCO)c1. The Hall–Kier alpha value is -1.59. The first-order valence-electron chi connectivity index (χ1n) is 6.75. The maximum Gasteiger partial charge on any atom is 0.315 e. The zero-order valence-electron chi connectivity index (χ0n) is 12.4. The zero-order chi connectivity index (χ0) is 15.0. The summed E-state index contributed by atoms with van der Waals surface area (Å²) in [4.78, 5) is 11.4. The highest BCUT2D eigenvalue weighted by Gasteiger charge is 2.10. The van der Waals surface area contributed by atoms with Crippen LogP contribution in [0.3, 0.4) is 0 Å². The number of ether oxygens (including phenoxy) is 1. The number of rotatable bonds is 6. The van der Waals surface area contributed by atoms with E-state index in [9.17, 15) is 4.79 Å². The summed E-state index contributed by atoms with van der Waals surface area (Å²) in [6.45, 7) is 7.24. The second-order valence-electron chi connectivity index (χ2n) is 5.55. The van der Waals surface area contributed by atoms with Crippen LogP contribution in [-0.2, 0) is 17.9 Å². The van der Waals surface area contributed by atoms with Gasteiger partial charge < -0.3 is 20.5 Å². The van der Waals surface area contributed by atoms with Gasteiger partial charge in [-0.05, 0) is 31.9 Å². The molecule has 0 aliphatic heterocycles. The molecule has 3 N–H and O–H groups in total. The van der Waals surface area contributed by atoms with Crippen molar-refractivity contribution in [2.24, 2.45) is 0 Å². The van der Waals surface area contributed by atoms with Crippen LogP contribution >= 0.6 is 0 Å². The van der Waals surface area contributed by atoms with E-state index in [4.69, 9.17) is 9.84 Å². The van der Waals surface area contributed by atoms with E-state index < -0.39 is 0 Å². The number of carbonyl (C=O) groups is 1. The Bertz CT molecular complexity index is 427. The van der Waals surface area contributed by atoms with E-state index in [1.54, 1.807) is 0 Å². The average Bonchev–Trinajstić information content (AvgIpc) is 2.40. The first-order chi connectivity index (χ1) is 9.40. The van der Waals surface area contributed by atoms with Crippen LogP contribution in [0.25, 0.3) is 0 Å². The molecule has 0 radical (unpaired) electrons. The van der Waals surface area contributed by atoms with E-state index in [-0.39, 0.29) is 24.8 Å². The number of urea groups is 1. The summed E-state index contributed by atoms with van der Waals surface area (Å²) in [5.41, 5.74) is 1.92. The molecule has 0 aliphatic carbocycles. The molecule has 1 aromatic rings. The normalized spacial score (nSPS) is 11.2. The van der Waals surface area contributed by atoms with Crippen LogP contribution in [0.1, 0.15) is 31.9 Å². The van der Waals surface area contributed by atoms with Crippen LogP contribution in [0.4, 0.5) is 4.79 Å². The second-order valence-corrected chi connectivity index (χ2v) is 5.55. The van der Waals surface area contributed by atoms with Gasteiger partial charge in [0.25, 0.3) is 0 Å². The number of aliphatic hydroxyl groups excluding tert-OH is 1. The Labute approximate surface area is 120 Å². The number of carbonyl (C=O) groups excluding carboxylic acids is 1. The van der Waals surface area contributed by atoms with Gasteiger partial charge in [-0.2, -0.15) is 0 Å². The molecular weight excluding hydrogens is 256 g/mol. The van der Waals surface area contributed by atoms with E-state index in [0.717, 1.165) is 11.1 Å². The summed E-state index contributed by atoms with van der Waals surface area (Å²) in [5, 5.41) is 13.9. The number of aliphatic hydroxyl groups is 1. The van der Waals surface area contributed by atoms with Gasteiger partial charge in [-0.15, -0.1) is 0 Å². The van der Waals surface area contributed by atoms with E-state index in [0.29, 0.717) is 13.2 Å². The van der Waals surface area contributed by atoms with Crippen molar-refractivity contribution in [1.82, 2.24) is 10.6 Å². The fourth-order valence-electron chi connectivity index (χ4n) is 1.54. The first kappa shape index (κ1) is 16.5. The lowest BCUT2D eigenvalue weighted by Gasteiger charge is -2.19. The predicted molar refractivity (Wildman–Crippen MR) is 78.3 cm³/mol. The Morgan fingerprint density at radius 2 is 1.95 bits per heavy atom. The van der Waals surface area contributed by atoms with Gasteiger partial charge in [0.05, 0.1) is 18.8 Å². The van der Waals surface area contributed by atoms with Crippen LogP contribution in [0, 0.1) is 0 Å². The third kappa shape index (κ3) is 7.11. The molecule has 0 atom stereocenters. The largest absolute Gasteiger partial charge is 0.395 e. The van der Waals surface area contributed by atoms with Gasteiger partial charge >= 0.3 is 6.03 Å². The van der Waals surface area contributed by atoms with Crippen molar-refractivity contribution < 1.29 is 14.6 Å². The van der Waals surface area contributed by atoms with Crippen molar-refractivity contribution in [1.29, 1.82) is 0 Å². The first-order valence-corrected chi connectivity index (χ1v) is 6.75. The summed E-state index contributed by atoms with van der Waals surface area (Å²) >= 11 is 0. The minimum atomic E-state index is -0.282. The summed E-state index contributed by atoms with van der Waals surface area (Å²) in [5.74, 6) is 0. The standard InChI is InChI=1S/C15H24N2O3/c1-15(2,3)20-11-13-6-4-5-12(9-13)10-17-14(19)16-7-8-18/h4-6,9,18H,7-8,10-11H2,1-3H3,(H2,16,17,19). The van der Waals surface area contributed by atoms with Crippen LogP contribution in [0.5, 0.6) is 0 Å². The summed E-state index contributed by atoms with van der Waals surface area (Å²) in [6.07, 6.45) is 0. The number of benzene rings is 1. The summed E-state index contributed by atoms with van der Waals surface area (Å²) < 4.78 is 5.72. The van der Waals surface area contributed by atoms with Crippen molar-refractivity contribution in [3.63, 3.8) is 0 Å². The Morgan fingerprint density at radius 1 is 1.25 bits per heavy atom. The lowest BCUT2D eigenvalue weighted by molar-refractivity contribution is -0.0149. The Kier molecular flexibility index (Phi) is 6.48. The molecule has 0 bridgehead atoms. The van der Waals surface area contributed by atoms with Gasteiger partial charge in [-0.1, -0.05) is 24.3 Å². The number of nitrogens with one attached hydrogen (secondary N) is 2. The van der Waals surface area contributed by atoms with E-state index in [1.807, 2.05) is 45.0 Å². The second kappa shape index (κ2) is 7.87. The predicted octanol–water partition coefficient (Wildman–Crippen LogP) is 1.79. The highest BCUT2D eigenvalue weighted by molar-refractivity contribution is 5.73. The minimum Gasteiger partial charge on any atom is -0.395 e. The lowest BCUT2D eigenvalue weighted by Crippen LogP contribution is -2.36. The number of hydrogen-bond donors (Lipinski definition) is 3. The van der Waals surface area contributed by atoms with Crippen molar-refractivity contribution in [2.75, 3.05) is 13.2 Å². The average molecular weight is 280 g/mol. The quantitative estimate of drug-likeness (QED) is 0.744. The topological polar surface area (TPSA) is 70.6 Å². The molecule has 2 amide bonds. The molecule has 112 valence electrons. The Balaban J connectivity index is 2.45. The van der Waals surface area contributed by atoms with Crippen LogP contribution in [0.2, 0.25) is 0 Å².